The Morgan fingerprint density at radius 1 is 1.31 bits per heavy atom. The quantitative estimate of drug-likeness (QED) is 0.548. The van der Waals surface area contributed by atoms with E-state index in [1.54, 1.807) is 20.8 Å². The lowest BCUT2D eigenvalue weighted by molar-refractivity contribution is -0.245. The van der Waals surface area contributed by atoms with Gasteiger partial charge in [0.2, 0.25) is 6.29 Å². The molecule has 3 fully saturated rings. The number of carbonyl (C=O) groups is 3. The maximum Gasteiger partial charge on any atom is 0.407 e. The van der Waals surface area contributed by atoms with Crippen LogP contribution in [-0.2, 0) is 33.3 Å². The number of alkyl carbamates (subject to hydrolysis) is 1. The molecule has 2 heterocycles. The molecule has 1 amide bonds. The lowest BCUT2D eigenvalue weighted by Gasteiger charge is -2.49. The molecule has 4 atom stereocenters. The second kappa shape index (κ2) is 8.41. The van der Waals surface area contributed by atoms with Crippen LogP contribution in [0.2, 0.25) is 0 Å². The van der Waals surface area contributed by atoms with Crippen molar-refractivity contribution in [1.29, 1.82) is 0 Å². The predicted molar refractivity (Wildman–Crippen MR) is 99.6 cm³/mol. The zero-order valence-corrected chi connectivity index (χ0v) is 17.1. The Bertz CT molecular complexity index is 664. The van der Waals surface area contributed by atoms with Gasteiger partial charge in [-0.25, -0.2) is 4.79 Å². The van der Waals surface area contributed by atoms with Crippen LogP contribution >= 0.6 is 0 Å². The first-order valence-electron chi connectivity index (χ1n) is 9.84. The molecule has 2 aliphatic heterocycles. The van der Waals surface area contributed by atoms with Crippen molar-refractivity contribution in [2.24, 2.45) is 17.3 Å². The molecule has 3 aliphatic rings. The second-order valence-electron chi connectivity index (χ2n) is 8.59. The number of ether oxygens (including phenoxy) is 5. The number of esters is 1. The molecule has 3 rings (SSSR count). The highest BCUT2D eigenvalue weighted by Crippen LogP contribution is 2.44. The Balaban J connectivity index is 1.75. The van der Waals surface area contributed by atoms with Crippen molar-refractivity contribution in [3.8, 4) is 0 Å². The summed E-state index contributed by atoms with van der Waals surface area (Å²) < 4.78 is 27.8. The number of nitrogens with one attached hydrogen (secondary N) is 1. The third kappa shape index (κ3) is 4.62. The van der Waals surface area contributed by atoms with Gasteiger partial charge in [0.15, 0.2) is 5.79 Å². The molecule has 0 aromatic rings. The van der Waals surface area contributed by atoms with Crippen LogP contribution in [0.5, 0.6) is 0 Å². The molecule has 1 aliphatic carbocycles. The topological polar surface area (TPSA) is 109 Å². The number of rotatable bonds is 4. The third-order valence-electron chi connectivity index (χ3n) is 5.41. The van der Waals surface area contributed by atoms with Crippen LogP contribution < -0.4 is 5.32 Å². The minimum atomic E-state index is -1.23. The van der Waals surface area contributed by atoms with Crippen molar-refractivity contribution < 1.29 is 38.1 Å². The van der Waals surface area contributed by atoms with E-state index in [4.69, 9.17) is 23.7 Å². The second-order valence-corrected chi connectivity index (χ2v) is 8.59. The lowest BCUT2D eigenvalue weighted by Crippen LogP contribution is -2.66. The summed E-state index contributed by atoms with van der Waals surface area (Å²) in [7, 11) is 0. The minimum absolute atomic E-state index is 0.000505. The van der Waals surface area contributed by atoms with E-state index in [0.717, 1.165) is 0 Å². The van der Waals surface area contributed by atoms with Crippen LogP contribution in [0.3, 0.4) is 0 Å². The van der Waals surface area contributed by atoms with Gasteiger partial charge >= 0.3 is 12.1 Å². The number of ketones is 1. The van der Waals surface area contributed by atoms with Crippen LogP contribution in [0.15, 0.2) is 12.7 Å². The average Bonchev–Trinajstić information content (AvgIpc) is 3.11. The third-order valence-corrected chi connectivity index (χ3v) is 5.41. The molecule has 1 N–H and O–H groups in total. The standard InChI is InChI=1S/C20H29NO8/c1-5-6-25-18(24)21-16-13-11-26-15(29-17(23)19(2,3)4)9-12(13)14(22)10-20(16)27-7-8-28-20/h5,12-13,15-16H,1,6-11H2,2-4H3,(H,21,24)/t12-,13+,15+,16-/m1/s1. The largest absolute Gasteiger partial charge is 0.445 e. The molecule has 9 nitrogen and oxygen atoms in total. The van der Waals surface area contributed by atoms with Gasteiger partial charge in [-0.2, -0.15) is 0 Å². The van der Waals surface area contributed by atoms with Crippen molar-refractivity contribution >= 4 is 17.8 Å². The number of hydrogen-bond acceptors (Lipinski definition) is 8. The zero-order chi connectivity index (χ0) is 21.2. The number of fused-ring (bicyclic) bond motifs is 1. The van der Waals surface area contributed by atoms with Crippen molar-refractivity contribution in [2.75, 3.05) is 26.4 Å². The van der Waals surface area contributed by atoms with E-state index in [1.165, 1.54) is 6.08 Å². The molecule has 0 bridgehead atoms. The highest BCUT2D eigenvalue weighted by atomic mass is 16.7. The van der Waals surface area contributed by atoms with E-state index in [1.807, 2.05) is 0 Å². The molecular formula is C20H29NO8. The lowest BCUT2D eigenvalue weighted by atomic mass is 9.69. The van der Waals surface area contributed by atoms with Crippen molar-refractivity contribution in [1.82, 2.24) is 5.32 Å². The van der Waals surface area contributed by atoms with Crippen LogP contribution in [0.4, 0.5) is 4.79 Å². The smallest absolute Gasteiger partial charge is 0.407 e. The zero-order valence-electron chi connectivity index (χ0n) is 17.1. The Kier molecular flexibility index (Phi) is 6.30. The summed E-state index contributed by atoms with van der Waals surface area (Å²) in [6.07, 6.45) is 0.229. The first-order chi connectivity index (χ1) is 13.7. The first-order valence-corrected chi connectivity index (χ1v) is 9.84. The summed E-state index contributed by atoms with van der Waals surface area (Å²) in [6.45, 7) is 9.59. The normalized spacial score (nSPS) is 31.1. The van der Waals surface area contributed by atoms with Gasteiger partial charge in [-0.3, -0.25) is 9.59 Å². The number of hydrogen-bond donors (Lipinski definition) is 1. The number of amides is 1. The average molecular weight is 411 g/mol. The van der Waals surface area contributed by atoms with Crippen molar-refractivity contribution in [2.45, 2.75) is 51.7 Å². The molecule has 1 saturated carbocycles. The van der Waals surface area contributed by atoms with Crippen molar-refractivity contribution in [3.63, 3.8) is 0 Å². The molecule has 0 aromatic carbocycles. The van der Waals surface area contributed by atoms with Crippen LogP contribution in [0.1, 0.15) is 33.6 Å². The maximum absolute atomic E-state index is 12.9. The molecule has 29 heavy (non-hydrogen) atoms. The van der Waals surface area contributed by atoms with Gasteiger partial charge in [-0.05, 0) is 20.8 Å². The van der Waals surface area contributed by atoms with Gasteiger partial charge < -0.3 is 29.0 Å². The molecule has 0 unspecified atom stereocenters. The summed E-state index contributed by atoms with van der Waals surface area (Å²) in [6, 6.07) is -0.635. The summed E-state index contributed by atoms with van der Waals surface area (Å²) in [5.41, 5.74) is -0.675. The first kappa shape index (κ1) is 21.7. The molecular weight excluding hydrogens is 382 g/mol. The highest BCUT2D eigenvalue weighted by molar-refractivity contribution is 5.84. The fourth-order valence-electron chi connectivity index (χ4n) is 3.94. The van der Waals surface area contributed by atoms with Crippen LogP contribution in [-0.4, -0.2) is 62.4 Å². The van der Waals surface area contributed by atoms with E-state index in [9.17, 15) is 14.4 Å². The summed E-state index contributed by atoms with van der Waals surface area (Å²) >= 11 is 0. The van der Waals surface area contributed by atoms with E-state index in [-0.39, 0.29) is 31.8 Å². The summed E-state index contributed by atoms with van der Waals surface area (Å²) in [5, 5.41) is 2.79. The van der Waals surface area contributed by atoms with Gasteiger partial charge in [0.1, 0.15) is 12.4 Å². The number of Topliss-reactive ketones (excluding diaryl/α,β-unsaturated/α-hetero) is 1. The van der Waals surface area contributed by atoms with E-state index in [2.05, 4.69) is 11.9 Å². The highest BCUT2D eigenvalue weighted by Gasteiger charge is 2.59. The Morgan fingerprint density at radius 3 is 2.62 bits per heavy atom. The fourth-order valence-corrected chi connectivity index (χ4v) is 3.94. The van der Waals surface area contributed by atoms with Crippen LogP contribution in [0.25, 0.3) is 0 Å². The van der Waals surface area contributed by atoms with Crippen LogP contribution in [0, 0.1) is 17.3 Å². The van der Waals surface area contributed by atoms with Gasteiger partial charge in [0.05, 0.1) is 37.7 Å². The Hall–Kier alpha value is -1.97. The van der Waals surface area contributed by atoms with Gasteiger partial charge in [-0.15, -0.1) is 0 Å². The maximum atomic E-state index is 12.9. The molecule has 162 valence electrons. The Morgan fingerprint density at radius 2 is 2.00 bits per heavy atom. The van der Waals surface area contributed by atoms with E-state index >= 15 is 0 Å². The number of carbonyl (C=O) groups excluding carboxylic acids is 3. The van der Waals surface area contributed by atoms with Crippen molar-refractivity contribution in [3.05, 3.63) is 12.7 Å². The molecule has 1 spiro atoms. The fraction of sp³-hybridized carbons (Fsp3) is 0.750. The minimum Gasteiger partial charge on any atom is -0.445 e. The van der Waals surface area contributed by atoms with E-state index < -0.39 is 47.4 Å². The molecule has 9 heteroatoms. The molecule has 0 aromatic heterocycles. The summed E-state index contributed by atoms with van der Waals surface area (Å²) in [4.78, 5) is 37.3. The van der Waals surface area contributed by atoms with E-state index in [0.29, 0.717) is 13.2 Å². The predicted octanol–water partition coefficient (Wildman–Crippen LogP) is 1.55. The Labute approximate surface area is 170 Å². The van der Waals surface area contributed by atoms with Gasteiger partial charge in [-0.1, -0.05) is 12.7 Å². The van der Waals surface area contributed by atoms with Gasteiger partial charge in [0.25, 0.3) is 0 Å². The molecule has 2 saturated heterocycles. The SMILES string of the molecule is C=CCOC(=O)N[C@@H]1[C@H]2CO[C@@H](OC(=O)C(C)(C)C)C[C@H]2C(=O)CC12OCCO2. The molecule has 0 radical (unpaired) electrons. The summed E-state index contributed by atoms with van der Waals surface area (Å²) in [5.74, 6) is -2.54. The van der Waals surface area contributed by atoms with Gasteiger partial charge in [0, 0.05) is 18.3 Å². The monoisotopic (exact) mass is 411 g/mol.